The molecule has 0 bridgehead atoms. The lowest BCUT2D eigenvalue weighted by Crippen LogP contribution is -2.34. The maximum absolute atomic E-state index is 9.62. The van der Waals surface area contributed by atoms with Gasteiger partial charge in [0.1, 0.15) is 0 Å². The molecule has 1 saturated heterocycles. The molecule has 1 N–H and O–H groups in total. The molecule has 1 heterocycles. The molecule has 17 heavy (non-hydrogen) atoms. The monoisotopic (exact) mass is 240 g/mol. The van der Waals surface area contributed by atoms with E-state index in [1.807, 2.05) is 0 Å². The summed E-state index contributed by atoms with van der Waals surface area (Å²) >= 11 is 0. The summed E-state index contributed by atoms with van der Waals surface area (Å²) in [4.78, 5) is 0. The second-order valence-corrected chi connectivity index (χ2v) is 6.84. The second kappa shape index (κ2) is 4.89. The normalized spacial score (nSPS) is 31.2. The fraction of sp³-hybridized carbons (Fsp3) is 1.00. The third kappa shape index (κ3) is 2.68. The number of ether oxygens (including phenoxy) is 1. The van der Waals surface area contributed by atoms with Crippen LogP contribution in [-0.2, 0) is 4.74 Å². The molecule has 1 aliphatic heterocycles. The van der Waals surface area contributed by atoms with E-state index in [0.717, 1.165) is 6.42 Å². The Morgan fingerprint density at radius 1 is 1.29 bits per heavy atom. The van der Waals surface area contributed by atoms with Gasteiger partial charge in [-0.2, -0.15) is 0 Å². The highest BCUT2D eigenvalue weighted by Gasteiger charge is 2.44. The van der Waals surface area contributed by atoms with Gasteiger partial charge in [-0.15, -0.1) is 0 Å². The zero-order chi connectivity index (χ0) is 12.5. The van der Waals surface area contributed by atoms with Gasteiger partial charge >= 0.3 is 0 Å². The molecule has 2 rings (SSSR count). The van der Waals surface area contributed by atoms with Crippen LogP contribution in [0.15, 0.2) is 0 Å². The lowest BCUT2D eigenvalue weighted by atomic mass is 9.75. The third-order valence-electron chi connectivity index (χ3n) is 5.30. The summed E-state index contributed by atoms with van der Waals surface area (Å²) in [5.41, 5.74) is 0.257. The van der Waals surface area contributed by atoms with E-state index in [0.29, 0.717) is 12.0 Å². The average molecular weight is 240 g/mol. The van der Waals surface area contributed by atoms with Crippen LogP contribution in [0, 0.1) is 11.3 Å². The van der Waals surface area contributed by atoms with Gasteiger partial charge in [0.25, 0.3) is 0 Å². The Morgan fingerprint density at radius 2 is 1.94 bits per heavy atom. The van der Waals surface area contributed by atoms with Crippen molar-refractivity contribution in [2.75, 3.05) is 6.61 Å². The van der Waals surface area contributed by atoms with Crippen LogP contribution >= 0.6 is 0 Å². The molecule has 0 aromatic rings. The molecule has 0 radical (unpaired) electrons. The quantitative estimate of drug-likeness (QED) is 0.814. The van der Waals surface area contributed by atoms with Gasteiger partial charge in [-0.3, -0.25) is 0 Å². The summed E-state index contributed by atoms with van der Waals surface area (Å²) < 4.78 is 6.35. The molecule has 1 spiro atoms. The molecule has 2 aliphatic rings. The second-order valence-electron chi connectivity index (χ2n) is 6.84. The highest BCUT2D eigenvalue weighted by molar-refractivity contribution is 4.94. The van der Waals surface area contributed by atoms with E-state index in [1.54, 1.807) is 0 Å². The topological polar surface area (TPSA) is 29.5 Å². The van der Waals surface area contributed by atoms with E-state index >= 15 is 0 Å². The molecule has 0 amide bonds. The third-order valence-corrected chi connectivity index (χ3v) is 5.30. The van der Waals surface area contributed by atoms with Crippen molar-refractivity contribution in [3.05, 3.63) is 0 Å². The van der Waals surface area contributed by atoms with Gasteiger partial charge in [-0.1, -0.05) is 33.6 Å². The highest BCUT2D eigenvalue weighted by Crippen LogP contribution is 2.46. The van der Waals surface area contributed by atoms with Crippen LogP contribution in [0.4, 0.5) is 0 Å². The molecule has 100 valence electrons. The van der Waals surface area contributed by atoms with E-state index in [1.165, 1.54) is 38.5 Å². The molecule has 0 aromatic carbocycles. The van der Waals surface area contributed by atoms with Crippen molar-refractivity contribution in [1.82, 2.24) is 0 Å². The summed E-state index contributed by atoms with van der Waals surface area (Å²) in [7, 11) is 0. The van der Waals surface area contributed by atoms with Crippen LogP contribution in [0.3, 0.4) is 0 Å². The first-order valence-corrected chi connectivity index (χ1v) is 7.28. The molecule has 2 unspecified atom stereocenters. The van der Waals surface area contributed by atoms with Gasteiger partial charge in [0.05, 0.1) is 11.7 Å². The fourth-order valence-electron chi connectivity index (χ4n) is 3.43. The lowest BCUT2D eigenvalue weighted by Gasteiger charge is -2.35. The van der Waals surface area contributed by atoms with Crippen LogP contribution in [0.5, 0.6) is 0 Å². The molecule has 2 fully saturated rings. The number of aliphatic hydroxyl groups is 1. The molecule has 2 atom stereocenters. The van der Waals surface area contributed by atoms with Crippen molar-refractivity contribution in [3.63, 3.8) is 0 Å². The number of rotatable bonds is 4. The van der Waals surface area contributed by atoms with Gasteiger partial charge in [0.15, 0.2) is 0 Å². The molecule has 1 aliphatic carbocycles. The van der Waals surface area contributed by atoms with E-state index < -0.39 is 0 Å². The minimum atomic E-state index is 0.0226. The maximum Gasteiger partial charge on any atom is 0.0687 e. The first kappa shape index (κ1) is 13.4. The first-order valence-electron chi connectivity index (χ1n) is 7.28. The Balaban J connectivity index is 1.92. The highest BCUT2D eigenvalue weighted by atomic mass is 16.5. The van der Waals surface area contributed by atoms with Crippen LogP contribution in [0.1, 0.15) is 65.7 Å². The fourth-order valence-corrected chi connectivity index (χ4v) is 3.43. The van der Waals surface area contributed by atoms with Crippen LogP contribution in [0.25, 0.3) is 0 Å². The zero-order valence-electron chi connectivity index (χ0n) is 11.7. The Bertz CT molecular complexity index is 256. The molecular formula is C15H28O2. The van der Waals surface area contributed by atoms with Gasteiger partial charge in [0, 0.05) is 6.61 Å². The van der Waals surface area contributed by atoms with Crippen LogP contribution in [-0.4, -0.2) is 23.4 Å². The van der Waals surface area contributed by atoms with Crippen molar-refractivity contribution >= 4 is 0 Å². The predicted molar refractivity (Wildman–Crippen MR) is 70.0 cm³/mol. The number of hydrogen-bond acceptors (Lipinski definition) is 2. The lowest BCUT2D eigenvalue weighted by molar-refractivity contribution is -0.0643. The smallest absolute Gasteiger partial charge is 0.0687 e. The predicted octanol–water partition coefficient (Wildman–Crippen LogP) is 3.52. The van der Waals surface area contributed by atoms with Crippen molar-refractivity contribution < 1.29 is 9.84 Å². The van der Waals surface area contributed by atoms with Crippen LogP contribution < -0.4 is 0 Å². The Morgan fingerprint density at radius 3 is 2.47 bits per heavy atom. The van der Waals surface area contributed by atoms with Crippen LogP contribution in [0.2, 0.25) is 0 Å². The van der Waals surface area contributed by atoms with Crippen molar-refractivity contribution in [2.45, 2.75) is 77.4 Å². The Labute approximate surface area is 106 Å². The van der Waals surface area contributed by atoms with Crippen molar-refractivity contribution in [2.24, 2.45) is 11.3 Å². The largest absolute Gasteiger partial charge is 0.396 e. The molecule has 2 heteroatoms. The van der Waals surface area contributed by atoms with Gasteiger partial charge < -0.3 is 9.84 Å². The molecule has 2 nitrogen and oxygen atoms in total. The first-order chi connectivity index (χ1) is 8.00. The summed E-state index contributed by atoms with van der Waals surface area (Å²) in [5.74, 6) is 0.510. The maximum atomic E-state index is 9.62. The minimum absolute atomic E-state index is 0.0226. The average Bonchev–Trinajstić information content (AvgIpc) is 2.90. The number of aliphatic hydroxyl groups excluding tert-OH is 1. The molecule has 0 aromatic heterocycles. The molecular weight excluding hydrogens is 212 g/mol. The summed E-state index contributed by atoms with van der Waals surface area (Å²) in [6.45, 7) is 6.88. The van der Waals surface area contributed by atoms with E-state index in [2.05, 4.69) is 20.8 Å². The zero-order valence-corrected chi connectivity index (χ0v) is 11.7. The van der Waals surface area contributed by atoms with E-state index in [9.17, 15) is 5.11 Å². The molecule has 1 saturated carbocycles. The standard InChI is InChI=1S/C15H28O2/c1-12(2)14(3,11-16)10-13-6-9-15(17-13)7-4-5-8-15/h12-13,16H,4-11H2,1-3H3. The van der Waals surface area contributed by atoms with Gasteiger partial charge in [0.2, 0.25) is 0 Å². The summed E-state index contributed by atoms with van der Waals surface area (Å²) in [6, 6.07) is 0. The van der Waals surface area contributed by atoms with Crippen molar-refractivity contribution in [3.8, 4) is 0 Å². The van der Waals surface area contributed by atoms with Gasteiger partial charge in [-0.05, 0) is 43.4 Å². The van der Waals surface area contributed by atoms with E-state index in [4.69, 9.17) is 4.74 Å². The van der Waals surface area contributed by atoms with Crippen molar-refractivity contribution in [1.29, 1.82) is 0 Å². The summed E-state index contributed by atoms with van der Waals surface area (Å²) in [5, 5.41) is 9.62. The van der Waals surface area contributed by atoms with Gasteiger partial charge in [-0.25, -0.2) is 0 Å². The SMILES string of the molecule is CC(C)C(C)(CO)CC1CCC2(CCCC2)O1. The minimum Gasteiger partial charge on any atom is -0.396 e. The Kier molecular flexibility index (Phi) is 3.84. The Hall–Kier alpha value is -0.0800. The summed E-state index contributed by atoms with van der Waals surface area (Å²) in [6.07, 6.45) is 9.06. The number of hydrogen-bond donors (Lipinski definition) is 1. The van der Waals surface area contributed by atoms with E-state index in [-0.39, 0.29) is 17.6 Å².